The summed E-state index contributed by atoms with van der Waals surface area (Å²) < 4.78 is 5.91. The lowest BCUT2D eigenvalue weighted by atomic mass is 9.87. The molecule has 0 saturated carbocycles. The molecule has 0 aromatic carbocycles. The van der Waals surface area contributed by atoms with Gasteiger partial charge in [-0.05, 0) is 174 Å². The summed E-state index contributed by atoms with van der Waals surface area (Å²) in [5, 5.41) is 28.0. The Labute approximate surface area is 380 Å². The number of hydrogen-bond acceptors (Lipinski definition) is 4. The molecule has 1 saturated heterocycles. The van der Waals surface area contributed by atoms with Gasteiger partial charge in [0, 0.05) is 0 Å². The molecule has 0 aliphatic carbocycles. The molecule has 0 aromatic heterocycles. The molecule has 0 bridgehead atoms. The number of aliphatic hydroxyl groups is 3. The molecule has 4 nitrogen and oxygen atoms in total. The average Bonchev–Trinajstić information content (AvgIpc) is 3.42. The van der Waals surface area contributed by atoms with Gasteiger partial charge in [-0.25, -0.2) is 0 Å². The molecule has 1 rings (SSSR count). The molecule has 1 aliphatic heterocycles. The molecule has 364 valence electrons. The van der Waals surface area contributed by atoms with Crippen LogP contribution in [0.1, 0.15) is 257 Å². The predicted octanol–water partition coefficient (Wildman–Crippen LogP) is 17.5. The van der Waals surface area contributed by atoms with E-state index in [1.165, 1.54) is 74.5 Å². The molecule has 1 heterocycles. The molecule has 1 aliphatic rings. The lowest BCUT2D eigenvalue weighted by Crippen LogP contribution is -2.35. The highest BCUT2D eigenvalue weighted by Gasteiger charge is 2.37. The average molecular weight is 854 g/mol. The van der Waals surface area contributed by atoms with Crippen molar-refractivity contribution in [2.45, 2.75) is 286 Å². The van der Waals surface area contributed by atoms with Crippen molar-refractivity contribution >= 4 is 0 Å². The van der Waals surface area contributed by atoms with Crippen molar-refractivity contribution in [3.8, 4) is 0 Å². The summed E-state index contributed by atoms with van der Waals surface area (Å²) in [4.78, 5) is 0. The summed E-state index contributed by atoms with van der Waals surface area (Å²) in [5.74, 6) is 4.70. The quantitative estimate of drug-likeness (QED) is 0.120. The van der Waals surface area contributed by atoms with Crippen molar-refractivity contribution in [2.75, 3.05) is 0 Å². The summed E-state index contributed by atoms with van der Waals surface area (Å²) >= 11 is 0. The number of allylic oxidation sites excluding steroid dienone is 5. The number of rotatable bonds is 18. The maximum absolute atomic E-state index is 9.38. The van der Waals surface area contributed by atoms with Gasteiger partial charge in [0.1, 0.15) is 0 Å². The molecule has 1 unspecified atom stereocenters. The van der Waals surface area contributed by atoms with E-state index in [1.54, 1.807) is 13.8 Å². The van der Waals surface area contributed by atoms with E-state index in [4.69, 9.17) is 4.74 Å². The minimum absolute atomic E-state index is 0.123. The topological polar surface area (TPSA) is 69.9 Å². The van der Waals surface area contributed by atoms with E-state index in [9.17, 15) is 15.3 Å². The SMILES string of the molecule is C=C(CCC(C)C)C(C)C.CC(C)=CCCC(C)(C)O.CC(C)=CCCC(C)C.CC(C)CCC(O)C(C)(C)O.CC(C)CCCC(C)C.CC1(C)CC[C@@H](C(C)(C)C)O1. The monoisotopic (exact) mass is 853 g/mol. The Kier molecular flexibility index (Phi) is 41.3. The van der Waals surface area contributed by atoms with Crippen LogP contribution in [0.3, 0.4) is 0 Å². The van der Waals surface area contributed by atoms with Crippen LogP contribution in [-0.4, -0.2) is 44.3 Å². The van der Waals surface area contributed by atoms with Crippen molar-refractivity contribution in [2.24, 2.45) is 40.9 Å². The molecule has 3 N–H and O–H groups in total. The molecule has 0 spiro atoms. The highest BCUT2D eigenvalue weighted by molar-refractivity contribution is 4.97. The fourth-order valence-corrected chi connectivity index (χ4v) is 5.55. The van der Waals surface area contributed by atoms with E-state index < -0.39 is 17.3 Å². The van der Waals surface area contributed by atoms with Crippen LogP contribution in [0.2, 0.25) is 0 Å². The highest BCUT2D eigenvalue weighted by Crippen LogP contribution is 2.38. The Morgan fingerprint density at radius 3 is 1.30 bits per heavy atom. The predicted molar refractivity (Wildman–Crippen MR) is 274 cm³/mol. The first-order valence-corrected chi connectivity index (χ1v) is 24.6. The normalized spacial score (nSPS) is 15.4. The Morgan fingerprint density at radius 1 is 0.633 bits per heavy atom. The Morgan fingerprint density at radius 2 is 1.03 bits per heavy atom. The van der Waals surface area contributed by atoms with Crippen LogP contribution in [0.25, 0.3) is 0 Å². The number of aliphatic hydroxyl groups excluding tert-OH is 1. The van der Waals surface area contributed by atoms with Gasteiger partial charge in [-0.1, -0.05) is 159 Å². The summed E-state index contributed by atoms with van der Waals surface area (Å²) in [7, 11) is 0. The van der Waals surface area contributed by atoms with E-state index in [1.807, 2.05) is 13.8 Å². The second kappa shape index (κ2) is 36.4. The molecule has 4 heteroatoms. The zero-order valence-corrected chi connectivity index (χ0v) is 45.9. The summed E-state index contributed by atoms with van der Waals surface area (Å²) in [6.45, 7) is 57.4. The molecule has 2 atom stereocenters. The maximum atomic E-state index is 9.38. The van der Waals surface area contributed by atoms with Crippen molar-refractivity contribution in [1.82, 2.24) is 0 Å². The standard InChI is InChI=1S/C10H20O.C10H20.C9H20O2.C9H18O.C9H20.C9H18/c1-9(2,3)8-6-7-10(4,5)11-8;1-8(2)6-7-10(5)9(3)4;1-7(2)5-6-8(10)9(3,4)11;1-8(2)6-5-7-9(3,4)10;2*1-8(2)6-5-7-9(3)4/h8H,6-7H2,1-5H3;8-9H,5-7H2,1-4H3;7-8,10-11H,5-6H2,1-4H3;6,10H,5,7H2,1-4H3;8-9H,5-7H2,1-4H3;6,9H,5,7H2,1-4H3/t8-;;;;;/m0...../s1. The van der Waals surface area contributed by atoms with Gasteiger partial charge in [-0.3, -0.25) is 0 Å². The van der Waals surface area contributed by atoms with E-state index in [0.29, 0.717) is 29.8 Å². The Hall–Kier alpha value is -0.940. The molecule has 1 fully saturated rings. The van der Waals surface area contributed by atoms with Gasteiger partial charge in [0.25, 0.3) is 0 Å². The van der Waals surface area contributed by atoms with Gasteiger partial charge in [0.15, 0.2) is 0 Å². The summed E-state index contributed by atoms with van der Waals surface area (Å²) in [5.41, 5.74) is 3.14. The Balaban J connectivity index is -0.000000202. The van der Waals surface area contributed by atoms with E-state index in [0.717, 1.165) is 42.9 Å². The van der Waals surface area contributed by atoms with Gasteiger partial charge in [-0.15, -0.1) is 0 Å². The first kappa shape index (κ1) is 68.1. The highest BCUT2D eigenvalue weighted by atomic mass is 16.5. The van der Waals surface area contributed by atoms with Gasteiger partial charge < -0.3 is 20.1 Å². The molecule has 0 aromatic rings. The third kappa shape index (κ3) is 59.2. The molecular formula is C56H116O4. The smallest absolute Gasteiger partial charge is 0.0849 e. The summed E-state index contributed by atoms with van der Waals surface area (Å²) in [6.07, 6.45) is 19.5. The van der Waals surface area contributed by atoms with Crippen molar-refractivity contribution < 1.29 is 20.1 Å². The minimum atomic E-state index is -0.950. The molecule has 60 heavy (non-hydrogen) atoms. The number of ether oxygens (including phenoxy) is 1. The van der Waals surface area contributed by atoms with E-state index in [2.05, 4.69) is 164 Å². The molecule has 0 radical (unpaired) electrons. The van der Waals surface area contributed by atoms with Crippen LogP contribution in [0.4, 0.5) is 0 Å². The zero-order valence-electron chi connectivity index (χ0n) is 45.9. The first-order valence-electron chi connectivity index (χ1n) is 24.6. The van der Waals surface area contributed by atoms with Crippen molar-refractivity contribution in [3.63, 3.8) is 0 Å². The first-order chi connectivity index (χ1) is 26.9. The number of hydrogen-bond donors (Lipinski definition) is 3. The van der Waals surface area contributed by atoms with Crippen LogP contribution >= 0.6 is 0 Å². The third-order valence-electron chi connectivity index (χ3n) is 10.3. The van der Waals surface area contributed by atoms with Crippen LogP contribution < -0.4 is 0 Å². The maximum Gasteiger partial charge on any atom is 0.0849 e. The van der Waals surface area contributed by atoms with Crippen molar-refractivity contribution in [3.05, 3.63) is 35.5 Å². The molecular weight excluding hydrogens is 737 g/mol. The Bertz CT molecular complexity index is 1020. The van der Waals surface area contributed by atoms with Gasteiger partial charge in [0.05, 0.1) is 29.0 Å². The fourth-order valence-electron chi connectivity index (χ4n) is 5.55. The zero-order chi connectivity index (χ0) is 48.7. The third-order valence-corrected chi connectivity index (χ3v) is 10.3. The van der Waals surface area contributed by atoms with Gasteiger partial charge in [-0.2, -0.15) is 0 Å². The minimum Gasteiger partial charge on any atom is -0.390 e. The van der Waals surface area contributed by atoms with Crippen LogP contribution in [0, 0.1) is 40.9 Å². The van der Waals surface area contributed by atoms with E-state index >= 15 is 0 Å². The van der Waals surface area contributed by atoms with Crippen LogP contribution in [0.5, 0.6) is 0 Å². The van der Waals surface area contributed by atoms with E-state index in [-0.39, 0.29) is 5.60 Å². The second-order valence-corrected chi connectivity index (χ2v) is 23.8. The van der Waals surface area contributed by atoms with Crippen LogP contribution in [0.15, 0.2) is 35.5 Å². The lowest BCUT2D eigenvalue weighted by molar-refractivity contribution is -0.0604. The van der Waals surface area contributed by atoms with Gasteiger partial charge in [0.2, 0.25) is 0 Å². The summed E-state index contributed by atoms with van der Waals surface area (Å²) in [6, 6.07) is 0. The van der Waals surface area contributed by atoms with Crippen molar-refractivity contribution in [1.29, 1.82) is 0 Å². The molecule has 0 amide bonds. The largest absolute Gasteiger partial charge is 0.390 e. The second-order valence-electron chi connectivity index (χ2n) is 23.8. The van der Waals surface area contributed by atoms with Crippen LogP contribution in [-0.2, 0) is 4.74 Å². The van der Waals surface area contributed by atoms with Gasteiger partial charge >= 0.3 is 0 Å². The lowest BCUT2D eigenvalue weighted by Gasteiger charge is -2.29. The fraction of sp³-hybridized carbons (Fsp3) is 0.893.